The lowest BCUT2D eigenvalue weighted by Crippen LogP contribution is -2.03. The predicted molar refractivity (Wildman–Crippen MR) is 128 cm³/mol. The van der Waals surface area contributed by atoms with Crippen molar-refractivity contribution in [3.8, 4) is 0 Å². The van der Waals surface area contributed by atoms with Crippen LogP contribution in [0, 0.1) is 0 Å². The lowest BCUT2D eigenvalue weighted by molar-refractivity contribution is -0.108. The van der Waals surface area contributed by atoms with Gasteiger partial charge in [0.2, 0.25) is 0 Å². The summed E-state index contributed by atoms with van der Waals surface area (Å²) >= 11 is 0. The van der Waals surface area contributed by atoms with Crippen molar-refractivity contribution in [2.75, 3.05) is 0 Å². The normalized spacial score (nSPS) is 13.3. The van der Waals surface area contributed by atoms with Crippen molar-refractivity contribution >= 4 is 28.1 Å². The van der Waals surface area contributed by atoms with E-state index >= 15 is 0 Å². The maximum absolute atomic E-state index is 13.8. The first-order valence-electron chi connectivity index (χ1n) is 10.5. The van der Waals surface area contributed by atoms with Gasteiger partial charge in [-0.2, -0.15) is 0 Å². The van der Waals surface area contributed by atoms with E-state index in [0.29, 0.717) is 17.0 Å². The van der Waals surface area contributed by atoms with Crippen molar-refractivity contribution in [3.05, 3.63) is 126 Å². The quantitative estimate of drug-likeness (QED) is 0.420. The highest BCUT2D eigenvalue weighted by Gasteiger charge is 2.36. The summed E-state index contributed by atoms with van der Waals surface area (Å²) in [6.07, 6.45) is 3.43. The molecule has 3 aromatic carbocycles. The van der Waals surface area contributed by atoms with Crippen LogP contribution in [0.5, 0.6) is 0 Å². The van der Waals surface area contributed by atoms with Gasteiger partial charge in [-0.3, -0.25) is 4.79 Å². The van der Waals surface area contributed by atoms with Crippen LogP contribution in [0.1, 0.15) is 36.4 Å². The number of aromatic amines is 1. The van der Waals surface area contributed by atoms with Crippen LogP contribution in [-0.4, -0.2) is 15.8 Å². The highest BCUT2D eigenvalue weighted by atomic mass is 16.1. The Kier molecular flexibility index (Phi) is 6.04. The number of carbonyl (C=O) groups is 1. The van der Waals surface area contributed by atoms with E-state index in [4.69, 9.17) is 0 Å². The minimum atomic E-state index is -0.0103. The summed E-state index contributed by atoms with van der Waals surface area (Å²) in [5, 5.41) is 0. The van der Waals surface area contributed by atoms with Crippen molar-refractivity contribution in [1.82, 2.24) is 9.97 Å². The van der Waals surface area contributed by atoms with E-state index in [-0.39, 0.29) is 5.78 Å². The monoisotopic (exact) mass is 404 g/mol. The molecule has 4 aromatic rings. The van der Waals surface area contributed by atoms with Gasteiger partial charge in [0, 0.05) is 29.1 Å². The molecule has 0 spiro atoms. The van der Waals surface area contributed by atoms with Gasteiger partial charge in [-0.05, 0) is 16.7 Å². The molecule has 1 N–H and O–H groups in total. The molecule has 3 nitrogen and oxygen atoms in total. The molecule has 1 aliphatic rings. The fraction of sp³-hybridized carbons (Fsp3) is 0.0714. The van der Waals surface area contributed by atoms with Crippen LogP contribution >= 0.6 is 0 Å². The molecule has 31 heavy (non-hydrogen) atoms. The summed E-state index contributed by atoms with van der Waals surface area (Å²) in [4.78, 5) is 21.4. The minimum Gasteiger partial charge on any atom is -0.344 e. The number of aromatic nitrogens is 2. The predicted octanol–water partition coefficient (Wildman–Crippen LogP) is 6.54. The van der Waals surface area contributed by atoms with Crippen molar-refractivity contribution < 1.29 is 4.79 Å². The number of Topliss-reactive ketones (excluding diaryl/α,β-unsaturated/α-hetero) is 1. The molecular formula is C28H24N2O. The number of nitrogens with one attached hydrogen (secondary N) is 1. The van der Waals surface area contributed by atoms with E-state index in [0.717, 1.165) is 27.8 Å². The number of carbonyl (C=O) groups excluding carboxylic acids is 1. The minimum absolute atomic E-state index is 0.0103. The Morgan fingerprint density at radius 3 is 1.42 bits per heavy atom. The smallest absolute Gasteiger partial charge is 0.198 e. The van der Waals surface area contributed by atoms with E-state index in [2.05, 4.69) is 22.1 Å². The number of H-pyrrole nitrogens is 1. The Hall–Kier alpha value is -3.98. The molecule has 0 radical (unpaired) electrons. The van der Waals surface area contributed by atoms with E-state index in [1.165, 1.54) is 0 Å². The third-order valence-electron chi connectivity index (χ3n) is 5.13. The molecule has 152 valence electrons. The largest absolute Gasteiger partial charge is 0.344 e. The number of hydrogen-bond acceptors (Lipinski definition) is 2. The van der Waals surface area contributed by atoms with Crippen LogP contribution in [0.15, 0.2) is 103 Å². The molecule has 0 bridgehead atoms. The number of nitrogens with zero attached hydrogens (tertiary/aromatic N) is 1. The van der Waals surface area contributed by atoms with E-state index in [1.807, 2.05) is 92.7 Å². The van der Waals surface area contributed by atoms with Gasteiger partial charge < -0.3 is 4.98 Å². The molecule has 0 amide bonds. The molecule has 1 heterocycles. The zero-order chi connectivity index (χ0) is 21.6. The summed E-state index contributed by atoms with van der Waals surface area (Å²) in [6, 6.07) is 30.0. The van der Waals surface area contributed by atoms with Gasteiger partial charge in [-0.25, -0.2) is 4.98 Å². The summed E-state index contributed by atoms with van der Waals surface area (Å²) in [5.74, 6) is 0.581. The third-order valence-corrected chi connectivity index (χ3v) is 5.13. The molecule has 0 saturated carbocycles. The molecule has 1 aliphatic carbocycles. The maximum Gasteiger partial charge on any atom is 0.198 e. The first kappa shape index (κ1) is 20.3. The Labute approximate surface area is 182 Å². The second-order valence-electron chi connectivity index (χ2n) is 6.86. The van der Waals surface area contributed by atoms with Crippen molar-refractivity contribution in [3.63, 3.8) is 0 Å². The Morgan fingerprint density at radius 2 is 1.00 bits per heavy atom. The number of imidazole rings is 1. The standard InChI is InChI=1S/C26H18N2O.C2H6/c29-25-23(20-14-8-3-9-15-20)21(18-10-4-1-5-11-18)22(19-12-6-2-7-13-19)24(25)26-27-16-17-28-26;1-2/h1-17H,(H,27,28);1-2H3. The van der Waals surface area contributed by atoms with Crippen LogP contribution in [-0.2, 0) is 4.79 Å². The van der Waals surface area contributed by atoms with Crippen molar-refractivity contribution in [2.24, 2.45) is 0 Å². The second kappa shape index (κ2) is 9.23. The Balaban J connectivity index is 0.00000112. The average Bonchev–Trinajstić information content (AvgIpc) is 3.48. The van der Waals surface area contributed by atoms with Crippen LogP contribution in [0.4, 0.5) is 0 Å². The highest BCUT2D eigenvalue weighted by molar-refractivity contribution is 6.58. The zero-order valence-corrected chi connectivity index (χ0v) is 17.7. The Bertz CT molecular complexity index is 1220. The lowest BCUT2D eigenvalue weighted by Gasteiger charge is -2.13. The molecular weight excluding hydrogens is 380 g/mol. The molecule has 0 fully saturated rings. The first-order valence-corrected chi connectivity index (χ1v) is 10.5. The first-order chi connectivity index (χ1) is 15.3. The molecule has 0 unspecified atom stereocenters. The summed E-state index contributed by atoms with van der Waals surface area (Å²) < 4.78 is 0. The molecule has 3 heteroatoms. The second-order valence-corrected chi connectivity index (χ2v) is 6.86. The van der Waals surface area contributed by atoms with Crippen molar-refractivity contribution in [2.45, 2.75) is 13.8 Å². The van der Waals surface area contributed by atoms with Crippen molar-refractivity contribution in [1.29, 1.82) is 0 Å². The van der Waals surface area contributed by atoms with Gasteiger partial charge >= 0.3 is 0 Å². The van der Waals surface area contributed by atoms with Gasteiger partial charge in [0.05, 0.1) is 5.57 Å². The average molecular weight is 405 g/mol. The number of benzene rings is 3. The highest BCUT2D eigenvalue weighted by Crippen LogP contribution is 2.48. The van der Waals surface area contributed by atoms with Crippen LogP contribution in [0.3, 0.4) is 0 Å². The molecule has 5 rings (SSSR count). The zero-order valence-electron chi connectivity index (χ0n) is 17.7. The van der Waals surface area contributed by atoms with Crippen LogP contribution < -0.4 is 0 Å². The van der Waals surface area contributed by atoms with E-state index < -0.39 is 0 Å². The number of hydrogen-bond donors (Lipinski definition) is 1. The third kappa shape index (κ3) is 3.78. The SMILES string of the molecule is CC.O=C1C(c2ccccc2)=C(c2ccccc2)C(c2ccccc2)=C1c1ncc[nH]1. The Morgan fingerprint density at radius 1 is 0.581 bits per heavy atom. The molecule has 0 aliphatic heterocycles. The number of rotatable bonds is 4. The fourth-order valence-electron chi connectivity index (χ4n) is 3.90. The molecule has 0 atom stereocenters. The molecule has 1 aromatic heterocycles. The van der Waals surface area contributed by atoms with Gasteiger partial charge in [-0.15, -0.1) is 0 Å². The van der Waals surface area contributed by atoms with Gasteiger partial charge in [0.15, 0.2) is 5.78 Å². The number of ketones is 1. The summed E-state index contributed by atoms with van der Waals surface area (Å²) in [5.41, 5.74) is 6.10. The maximum atomic E-state index is 13.8. The van der Waals surface area contributed by atoms with E-state index in [1.54, 1.807) is 12.4 Å². The van der Waals surface area contributed by atoms with Crippen LogP contribution in [0.2, 0.25) is 0 Å². The van der Waals surface area contributed by atoms with E-state index in [9.17, 15) is 4.79 Å². The van der Waals surface area contributed by atoms with Crippen LogP contribution in [0.25, 0.3) is 22.3 Å². The summed E-state index contributed by atoms with van der Waals surface area (Å²) in [7, 11) is 0. The van der Waals surface area contributed by atoms with Gasteiger partial charge in [0.25, 0.3) is 0 Å². The topological polar surface area (TPSA) is 45.8 Å². The van der Waals surface area contributed by atoms with Gasteiger partial charge in [0.1, 0.15) is 5.82 Å². The number of allylic oxidation sites excluding steroid dienone is 4. The molecule has 0 saturated heterocycles. The fourth-order valence-corrected chi connectivity index (χ4v) is 3.90. The summed E-state index contributed by atoms with van der Waals surface area (Å²) in [6.45, 7) is 4.00. The lowest BCUT2D eigenvalue weighted by atomic mass is 9.90. The van der Waals surface area contributed by atoms with Gasteiger partial charge in [-0.1, -0.05) is 105 Å².